The summed E-state index contributed by atoms with van der Waals surface area (Å²) in [5.41, 5.74) is 0. The van der Waals surface area contributed by atoms with E-state index in [2.05, 4.69) is 55.4 Å². The van der Waals surface area contributed by atoms with Gasteiger partial charge in [0.2, 0.25) is 0 Å². The number of hydrogen-bond acceptors (Lipinski definition) is 2. The van der Waals surface area contributed by atoms with Gasteiger partial charge >= 0.3 is 0 Å². The van der Waals surface area contributed by atoms with Crippen LogP contribution < -0.4 is 0 Å². The molecular formula is C17H20ClNS. The fourth-order valence-electron chi connectivity index (χ4n) is 1.76. The molecule has 0 amide bonds. The van der Waals surface area contributed by atoms with Gasteiger partial charge in [0.15, 0.2) is 0 Å². The quantitative estimate of drug-likeness (QED) is 0.498. The van der Waals surface area contributed by atoms with E-state index < -0.39 is 0 Å². The van der Waals surface area contributed by atoms with Crippen molar-refractivity contribution in [2.45, 2.75) is 11.3 Å². The molecule has 0 spiro atoms. The van der Waals surface area contributed by atoms with Crippen molar-refractivity contribution in [2.75, 3.05) is 26.4 Å². The molecule has 0 atom stereocenters. The summed E-state index contributed by atoms with van der Waals surface area (Å²) in [5, 5.41) is 3.66. The van der Waals surface area contributed by atoms with Gasteiger partial charge in [0.05, 0.1) is 0 Å². The van der Waals surface area contributed by atoms with Crippen molar-refractivity contribution in [3.05, 3.63) is 64.0 Å². The van der Waals surface area contributed by atoms with Crippen molar-refractivity contribution >= 4 is 23.4 Å². The molecule has 20 heavy (non-hydrogen) atoms. The van der Waals surface area contributed by atoms with Crippen LogP contribution in [0.5, 0.6) is 0 Å². The van der Waals surface area contributed by atoms with Crippen LogP contribution in [0.1, 0.15) is 6.42 Å². The molecular weight excluding hydrogens is 286 g/mol. The largest absolute Gasteiger partial charge is 0.309 e. The lowest BCUT2D eigenvalue weighted by Crippen LogP contribution is -2.13. The third-order valence-electron chi connectivity index (χ3n) is 3.05. The minimum Gasteiger partial charge on any atom is -0.309 e. The number of halogens is 1. The Morgan fingerprint density at radius 2 is 1.45 bits per heavy atom. The van der Waals surface area contributed by atoms with E-state index in [0.717, 1.165) is 11.6 Å². The normalized spacial score (nSPS) is 11.0. The Morgan fingerprint density at radius 1 is 0.900 bits per heavy atom. The zero-order valence-corrected chi connectivity index (χ0v) is 13.5. The van der Waals surface area contributed by atoms with Crippen LogP contribution in [0.3, 0.4) is 0 Å². The van der Waals surface area contributed by atoms with Crippen molar-refractivity contribution in [1.29, 1.82) is 0 Å². The van der Waals surface area contributed by atoms with Crippen LogP contribution in [0.25, 0.3) is 0 Å². The van der Waals surface area contributed by atoms with Crippen molar-refractivity contribution in [1.82, 2.24) is 4.90 Å². The van der Waals surface area contributed by atoms with Gasteiger partial charge in [0.1, 0.15) is 0 Å². The van der Waals surface area contributed by atoms with E-state index in [4.69, 9.17) is 11.6 Å². The lowest BCUT2D eigenvalue weighted by molar-refractivity contribution is 0.410. The standard InChI is InChI=1S/C11H16ClNS.C6H4/c1-13(2)8-3-9-14-11-6-4-10(12)5-7-11;1-2-6-4-3-5(1)6/h4-7H,3,8-9H2,1-2H3;1-4H. The fraction of sp³-hybridized carbons (Fsp3) is 0.294. The van der Waals surface area contributed by atoms with Gasteiger partial charge in [-0.15, -0.1) is 11.8 Å². The SMILES string of the molecule is CN(C)CCCSc1ccc(Cl)cc1.c1cc2ccc1=2. The van der Waals surface area contributed by atoms with Gasteiger partial charge < -0.3 is 4.90 Å². The zero-order chi connectivity index (χ0) is 14.4. The molecule has 0 saturated heterocycles. The number of rotatable bonds is 5. The highest BCUT2D eigenvalue weighted by Gasteiger charge is 1.95. The molecule has 0 saturated carbocycles. The topological polar surface area (TPSA) is 3.24 Å². The summed E-state index contributed by atoms with van der Waals surface area (Å²) in [6, 6.07) is 16.5. The Balaban J connectivity index is 0.000000198. The summed E-state index contributed by atoms with van der Waals surface area (Å²) in [5.74, 6) is 1.17. The Labute approximate surface area is 130 Å². The molecule has 0 unspecified atom stereocenters. The van der Waals surface area contributed by atoms with Gasteiger partial charge in [-0.3, -0.25) is 0 Å². The maximum atomic E-state index is 5.80. The van der Waals surface area contributed by atoms with Crippen LogP contribution in [0.4, 0.5) is 0 Å². The highest BCUT2D eigenvalue weighted by Crippen LogP contribution is 2.20. The second-order valence-corrected chi connectivity index (χ2v) is 6.64. The molecule has 0 radical (unpaired) electrons. The summed E-state index contributed by atoms with van der Waals surface area (Å²) in [4.78, 5) is 3.51. The maximum Gasteiger partial charge on any atom is 0.0406 e. The first-order valence-corrected chi connectivity index (χ1v) is 8.15. The molecule has 2 aliphatic rings. The molecule has 1 aromatic carbocycles. The molecule has 3 heteroatoms. The summed E-state index contributed by atoms with van der Waals surface area (Å²) in [6.07, 6.45) is 1.22. The molecule has 0 aromatic heterocycles. The molecule has 0 N–H and O–H groups in total. The summed E-state index contributed by atoms with van der Waals surface area (Å²) in [6.45, 7) is 1.15. The van der Waals surface area contributed by atoms with E-state index in [0.29, 0.717) is 0 Å². The minimum absolute atomic E-state index is 0.808. The predicted molar refractivity (Wildman–Crippen MR) is 89.5 cm³/mol. The second-order valence-electron chi connectivity index (χ2n) is 5.04. The first-order valence-electron chi connectivity index (χ1n) is 6.79. The number of thioether (sulfide) groups is 1. The first-order chi connectivity index (χ1) is 9.65. The molecule has 0 fully saturated rings. The van der Waals surface area contributed by atoms with E-state index in [-0.39, 0.29) is 0 Å². The number of nitrogens with zero attached hydrogens (tertiary/aromatic N) is 1. The third kappa shape index (κ3) is 4.86. The third-order valence-corrected chi connectivity index (χ3v) is 4.40. The molecule has 2 aliphatic carbocycles. The smallest absolute Gasteiger partial charge is 0.0406 e. The predicted octanol–water partition coefficient (Wildman–Crippen LogP) is 4.67. The molecule has 106 valence electrons. The van der Waals surface area contributed by atoms with Crippen LogP contribution in [0.15, 0.2) is 53.4 Å². The van der Waals surface area contributed by atoms with Crippen molar-refractivity contribution in [3.63, 3.8) is 0 Å². The van der Waals surface area contributed by atoms with Crippen molar-refractivity contribution < 1.29 is 0 Å². The Hall–Kier alpha value is -0.960. The molecule has 3 rings (SSSR count). The molecule has 0 aliphatic heterocycles. The Bertz CT molecular complexity index is 572. The van der Waals surface area contributed by atoms with Gasteiger partial charge in [-0.05, 0) is 67.5 Å². The summed E-state index contributed by atoms with van der Waals surface area (Å²) >= 11 is 7.68. The van der Waals surface area contributed by atoms with Crippen molar-refractivity contribution in [2.24, 2.45) is 0 Å². The zero-order valence-electron chi connectivity index (χ0n) is 12.0. The monoisotopic (exact) mass is 305 g/mol. The average molecular weight is 306 g/mol. The maximum absolute atomic E-state index is 5.80. The molecule has 0 bridgehead atoms. The highest BCUT2D eigenvalue weighted by atomic mass is 35.5. The second kappa shape index (κ2) is 7.72. The number of benzene rings is 2. The number of hydrogen-bond donors (Lipinski definition) is 0. The van der Waals surface area contributed by atoms with Gasteiger partial charge in [-0.25, -0.2) is 0 Å². The van der Waals surface area contributed by atoms with Crippen LogP contribution in [0.2, 0.25) is 5.02 Å². The van der Waals surface area contributed by atoms with E-state index in [1.807, 2.05) is 23.9 Å². The van der Waals surface area contributed by atoms with E-state index >= 15 is 0 Å². The average Bonchev–Trinajstić information content (AvgIpc) is 2.41. The first kappa shape index (κ1) is 15.4. The summed E-state index contributed by atoms with van der Waals surface area (Å²) in [7, 11) is 4.21. The van der Waals surface area contributed by atoms with Crippen LogP contribution in [0, 0.1) is 10.4 Å². The van der Waals surface area contributed by atoms with Gasteiger partial charge in [0, 0.05) is 9.92 Å². The summed E-state index contributed by atoms with van der Waals surface area (Å²) < 4.78 is 0. The van der Waals surface area contributed by atoms with Crippen LogP contribution >= 0.6 is 23.4 Å². The Kier molecular flexibility index (Phi) is 5.96. The minimum atomic E-state index is 0.808. The van der Waals surface area contributed by atoms with Crippen molar-refractivity contribution in [3.8, 4) is 0 Å². The fourth-order valence-corrected chi connectivity index (χ4v) is 2.73. The molecule has 1 aromatic rings. The van der Waals surface area contributed by atoms with E-state index in [1.165, 1.54) is 27.5 Å². The lowest BCUT2D eigenvalue weighted by Gasteiger charge is -2.08. The van der Waals surface area contributed by atoms with Crippen LogP contribution in [-0.2, 0) is 0 Å². The lowest BCUT2D eigenvalue weighted by atomic mass is 10.1. The highest BCUT2D eigenvalue weighted by molar-refractivity contribution is 7.99. The molecule has 1 nitrogen and oxygen atoms in total. The molecule has 0 heterocycles. The van der Waals surface area contributed by atoms with Gasteiger partial charge in [-0.1, -0.05) is 35.9 Å². The van der Waals surface area contributed by atoms with Crippen LogP contribution in [-0.4, -0.2) is 31.3 Å². The van der Waals surface area contributed by atoms with E-state index in [9.17, 15) is 0 Å². The Morgan fingerprint density at radius 3 is 1.85 bits per heavy atom. The van der Waals surface area contributed by atoms with Gasteiger partial charge in [0.25, 0.3) is 0 Å². The van der Waals surface area contributed by atoms with Gasteiger partial charge in [-0.2, -0.15) is 0 Å². The van der Waals surface area contributed by atoms with E-state index in [1.54, 1.807) is 0 Å².